The van der Waals surface area contributed by atoms with E-state index in [0.29, 0.717) is 0 Å². The monoisotopic (exact) mass is 438 g/mol. The molecule has 0 saturated heterocycles. The van der Waals surface area contributed by atoms with Crippen molar-refractivity contribution < 1.29 is 5.11 Å². The molecule has 1 aliphatic rings. The summed E-state index contributed by atoms with van der Waals surface area (Å²) in [5, 5.41) is 9.93. The highest BCUT2D eigenvalue weighted by Crippen LogP contribution is 2.40. The van der Waals surface area contributed by atoms with Crippen LogP contribution >= 0.6 is 0 Å². The summed E-state index contributed by atoms with van der Waals surface area (Å²) in [4.78, 5) is 14.4. The molecule has 0 atom stereocenters. The van der Waals surface area contributed by atoms with Crippen LogP contribution in [-0.4, -0.2) is 26.7 Å². The van der Waals surface area contributed by atoms with E-state index in [-0.39, 0.29) is 12.1 Å². The van der Waals surface area contributed by atoms with Gasteiger partial charge in [-0.25, -0.2) is 15.0 Å². The van der Waals surface area contributed by atoms with Gasteiger partial charge < -0.3 is 10.8 Å². The van der Waals surface area contributed by atoms with Crippen LogP contribution in [0.15, 0.2) is 66.9 Å². The maximum absolute atomic E-state index is 8.99. The maximum Gasteiger partial charge on any atom is 0.163 e. The molecular formula is C28H30N4O. The Balaban J connectivity index is 1.55. The van der Waals surface area contributed by atoms with Crippen molar-refractivity contribution in [2.24, 2.45) is 5.73 Å². The highest BCUT2D eigenvalue weighted by atomic mass is 16.2. The van der Waals surface area contributed by atoms with E-state index in [0.717, 1.165) is 77.8 Å². The number of aliphatic hydroxyl groups is 1. The first-order valence-corrected chi connectivity index (χ1v) is 11.9. The Bertz CT molecular complexity index is 1230. The molecule has 1 aliphatic carbocycles. The average Bonchev–Trinajstić information content (AvgIpc) is 2.85. The zero-order valence-electron chi connectivity index (χ0n) is 18.9. The van der Waals surface area contributed by atoms with Crippen molar-refractivity contribution in [1.82, 2.24) is 15.0 Å². The highest BCUT2D eigenvalue weighted by molar-refractivity contribution is 5.89. The smallest absolute Gasteiger partial charge is 0.163 e. The summed E-state index contributed by atoms with van der Waals surface area (Å²) in [6, 6.07) is 21.1. The molecule has 1 saturated carbocycles. The van der Waals surface area contributed by atoms with Crippen LogP contribution in [0.3, 0.4) is 0 Å². The van der Waals surface area contributed by atoms with Gasteiger partial charge in [0, 0.05) is 41.3 Å². The van der Waals surface area contributed by atoms with E-state index in [1.807, 2.05) is 24.4 Å². The van der Waals surface area contributed by atoms with E-state index < -0.39 is 0 Å². The lowest BCUT2D eigenvalue weighted by atomic mass is 9.72. The quantitative estimate of drug-likeness (QED) is 0.360. The third kappa shape index (κ3) is 4.52. The van der Waals surface area contributed by atoms with Gasteiger partial charge in [-0.05, 0) is 49.3 Å². The van der Waals surface area contributed by atoms with Crippen LogP contribution in [0.5, 0.6) is 0 Å². The Morgan fingerprint density at radius 1 is 0.879 bits per heavy atom. The molecule has 5 nitrogen and oxygen atoms in total. The summed E-state index contributed by atoms with van der Waals surface area (Å²) in [5.74, 6) is 0.803. The molecule has 2 heterocycles. The summed E-state index contributed by atoms with van der Waals surface area (Å²) in [7, 11) is 0. The minimum absolute atomic E-state index is 0.171. The average molecular weight is 439 g/mol. The molecule has 5 heteroatoms. The van der Waals surface area contributed by atoms with Crippen LogP contribution in [0.2, 0.25) is 0 Å². The van der Waals surface area contributed by atoms with Gasteiger partial charge in [0.05, 0.1) is 5.69 Å². The van der Waals surface area contributed by atoms with Gasteiger partial charge in [0.2, 0.25) is 0 Å². The Hall–Kier alpha value is -3.15. The fourth-order valence-corrected chi connectivity index (χ4v) is 4.56. The number of aromatic nitrogens is 3. The molecular weight excluding hydrogens is 408 g/mol. The Morgan fingerprint density at radius 2 is 1.67 bits per heavy atom. The first-order chi connectivity index (χ1) is 16.2. The van der Waals surface area contributed by atoms with Gasteiger partial charge >= 0.3 is 0 Å². The second-order valence-electron chi connectivity index (χ2n) is 9.07. The van der Waals surface area contributed by atoms with E-state index >= 15 is 0 Å². The molecule has 0 unspecified atom stereocenters. The molecule has 168 valence electrons. The van der Waals surface area contributed by atoms with Crippen molar-refractivity contribution in [3.05, 3.63) is 78.2 Å². The lowest BCUT2D eigenvalue weighted by Crippen LogP contribution is -2.43. The third-order valence-corrected chi connectivity index (χ3v) is 6.74. The number of hydrogen-bond acceptors (Lipinski definition) is 5. The van der Waals surface area contributed by atoms with Crippen molar-refractivity contribution in [1.29, 1.82) is 0 Å². The van der Waals surface area contributed by atoms with Gasteiger partial charge in [0.15, 0.2) is 5.65 Å². The van der Waals surface area contributed by atoms with Crippen LogP contribution in [0, 0.1) is 0 Å². The topological polar surface area (TPSA) is 84.9 Å². The molecule has 0 spiro atoms. The maximum atomic E-state index is 8.99. The molecule has 33 heavy (non-hydrogen) atoms. The van der Waals surface area contributed by atoms with Crippen molar-refractivity contribution >= 4 is 11.0 Å². The first-order valence-electron chi connectivity index (χ1n) is 11.9. The number of unbranched alkanes of at least 4 members (excludes halogenated alkanes) is 2. The molecule has 4 aromatic rings. The van der Waals surface area contributed by atoms with Crippen molar-refractivity contribution in [3.8, 4) is 22.4 Å². The number of hydrogen-bond donors (Lipinski definition) is 2. The molecule has 0 aliphatic heterocycles. The van der Waals surface area contributed by atoms with Gasteiger partial charge in [-0.2, -0.15) is 0 Å². The zero-order chi connectivity index (χ0) is 22.7. The van der Waals surface area contributed by atoms with Crippen molar-refractivity contribution in [2.75, 3.05) is 6.61 Å². The van der Waals surface area contributed by atoms with Crippen LogP contribution in [0.1, 0.15) is 49.9 Å². The zero-order valence-corrected chi connectivity index (χ0v) is 18.9. The van der Waals surface area contributed by atoms with E-state index in [9.17, 15) is 0 Å². The number of rotatable bonds is 8. The second-order valence-corrected chi connectivity index (χ2v) is 9.07. The molecule has 5 rings (SSSR count). The predicted molar refractivity (Wildman–Crippen MR) is 133 cm³/mol. The number of fused-ring (bicyclic) bond motifs is 1. The Kier molecular flexibility index (Phi) is 6.16. The van der Waals surface area contributed by atoms with E-state index in [1.54, 1.807) is 0 Å². The van der Waals surface area contributed by atoms with Gasteiger partial charge in [0.1, 0.15) is 5.82 Å². The molecule has 0 radical (unpaired) electrons. The summed E-state index contributed by atoms with van der Waals surface area (Å²) in [6.07, 6.45) is 8.72. The number of nitrogens with zero attached hydrogens (tertiary/aromatic N) is 3. The van der Waals surface area contributed by atoms with Crippen molar-refractivity contribution in [3.63, 3.8) is 0 Å². The number of benzene rings is 2. The van der Waals surface area contributed by atoms with Gasteiger partial charge in [-0.3, -0.25) is 0 Å². The standard InChI is InChI=1S/C28H30N4O/c29-28(15-7-16-28)23-13-11-21(12-14-23)26-24(20-8-3-1-4-9-20)18-22-19-30-25(31-27(22)32-26)10-5-2-6-17-33/h1,3-4,8-9,11-14,18-19,33H,2,5-7,10,15-17,29H2. The van der Waals surface area contributed by atoms with Crippen LogP contribution in [-0.2, 0) is 12.0 Å². The van der Waals surface area contributed by atoms with Crippen LogP contribution in [0.25, 0.3) is 33.4 Å². The second kappa shape index (κ2) is 9.38. The summed E-state index contributed by atoms with van der Waals surface area (Å²) in [5.41, 5.74) is 12.5. The minimum Gasteiger partial charge on any atom is -0.396 e. The predicted octanol–water partition coefficient (Wildman–Crippen LogP) is 5.40. The molecule has 3 N–H and O–H groups in total. The van der Waals surface area contributed by atoms with E-state index in [1.165, 1.54) is 12.0 Å². The van der Waals surface area contributed by atoms with E-state index in [4.69, 9.17) is 20.8 Å². The number of nitrogens with two attached hydrogens (primary N) is 1. The highest BCUT2D eigenvalue weighted by Gasteiger charge is 2.34. The Morgan fingerprint density at radius 3 is 2.36 bits per heavy atom. The van der Waals surface area contributed by atoms with Gasteiger partial charge in [-0.1, -0.05) is 61.0 Å². The number of aliphatic hydroxyl groups excluding tert-OH is 1. The number of aryl methyl sites for hydroxylation is 1. The normalized spacial score (nSPS) is 14.8. The van der Waals surface area contributed by atoms with Crippen LogP contribution < -0.4 is 5.73 Å². The third-order valence-electron chi connectivity index (χ3n) is 6.74. The molecule has 2 aromatic carbocycles. The fraction of sp³-hybridized carbons (Fsp3) is 0.321. The lowest BCUT2D eigenvalue weighted by molar-refractivity contribution is 0.253. The van der Waals surface area contributed by atoms with Crippen LogP contribution in [0.4, 0.5) is 0 Å². The summed E-state index contributed by atoms with van der Waals surface area (Å²) >= 11 is 0. The molecule has 0 bridgehead atoms. The Labute approximate surface area is 194 Å². The van der Waals surface area contributed by atoms with E-state index in [2.05, 4.69) is 47.4 Å². The SMILES string of the molecule is NC1(c2ccc(-c3nc4nc(CCCCCO)ncc4cc3-c3ccccc3)cc2)CCC1. The largest absolute Gasteiger partial charge is 0.396 e. The number of pyridine rings is 1. The molecule has 2 aromatic heterocycles. The molecule has 1 fully saturated rings. The summed E-state index contributed by atoms with van der Waals surface area (Å²) in [6.45, 7) is 0.232. The van der Waals surface area contributed by atoms with Crippen molar-refractivity contribution in [2.45, 2.75) is 50.5 Å². The first kappa shape index (κ1) is 21.7. The fourth-order valence-electron chi connectivity index (χ4n) is 4.56. The van der Waals surface area contributed by atoms with Gasteiger partial charge in [0.25, 0.3) is 0 Å². The minimum atomic E-state index is -0.171. The lowest BCUT2D eigenvalue weighted by Gasteiger charge is -2.38. The van der Waals surface area contributed by atoms with Gasteiger partial charge in [-0.15, -0.1) is 0 Å². The summed E-state index contributed by atoms with van der Waals surface area (Å²) < 4.78 is 0. The molecule has 0 amide bonds.